The van der Waals surface area contributed by atoms with Crippen LogP contribution in [0.1, 0.15) is 63.9 Å². The van der Waals surface area contributed by atoms with Crippen molar-refractivity contribution in [1.29, 1.82) is 0 Å². The fourth-order valence-corrected chi connectivity index (χ4v) is 7.55. The van der Waals surface area contributed by atoms with E-state index in [1.54, 1.807) is 17.0 Å². The molecule has 2 aliphatic rings. The second kappa shape index (κ2) is 13.9. The number of carbonyl (C=O) groups excluding carboxylic acids is 1. The first kappa shape index (κ1) is 36.8. The molecule has 1 fully saturated rings. The van der Waals surface area contributed by atoms with Gasteiger partial charge in [-0.25, -0.2) is 13.7 Å². The Balaban J connectivity index is 2.07. The Kier molecular flexibility index (Phi) is 10.6. The molecule has 1 saturated heterocycles. The molecule has 0 aliphatic carbocycles. The lowest BCUT2D eigenvalue weighted by Gasteiger charge is -2.46. The van der Waals surface area contributed by atoms with Gasteiger partial charge in [0.1, 0.15) is 5.83 Å². The summed E-state index contributed by atoms with van der Waals surface area (Å²) in [7, 11) is -0.581. The number of halogens is 2. The number of aromatic nitrogens is 1. The van der Waals surface area contributed by atoms with E-state index in [0.29, 0.717) is 24.3 Å². The van der Waals surface area contributed by atoms with Gasteiger partial charge in [0, 0.05) is 37.4 Å². The molecule has 1 aromatic carbocycles. The maximum absolute atomic E-state index is 15.4. The lowest BCUT2D eigenvalue weighted by Crippen LogP contribution is -2.60. The summed E-state index contributed by atoms with van der Waals surface area (Å²) < 4.78 is 50.0. The van der Waals surface area contributed by atoms with E-state index in [-0.39, 0.29) is 58.2 Å². The van der Waals surface area contributed by atoms with E-state index in [2.05, 4.69) is 17.6 Å². The van der Waals surface area contributed by atoms with Crippen molar-refractivity contribution in [2.24, 2.45) is 10.1 Å². The molecule has 2 aliphatic heterocycles. The van der Waals surface area contributed by atoms with Crippen LogP contribution in [0.4, 0.5) is 15.9 Å². The van der Waals surface area contributed by atoms with Crippen molar-refractivity contribution in [3.63, 3.8) is 0 Å². The molecule has 10 nitrogen and oxygen atoms in total. The highest BCUT2D eigenvalue weighted by Gasteiger charge is 2.42. The van der Waals surface area contributed by atoms with Gasteiger partial charge in [-0.05, 0) is 75.7 Å². The number of rotatable bonds is 7. The van der Waals surface area contributed by atoms with Crippen molar-refractivity contribution >= 4 is 50.6 Å². The van der Waals surface area contributed by atoms with Gasteiger partial charge in [-0.1, -0.05) is 63.7 Å². The quantitative estimate of drug-likeness (QED) is 0.276. The summed E-state index contributed by atoms with van der Waals surface area (Å²) in [6.07, 6.45) is 3.77. The number of hydrogen-bond donors (Lipinski definition) is 1. The van der Waals surface area contributed by atoms with Gasteiger partial charge in [0.2, 0.25) is 5.91 Å². The Bertz CT molecular complexity index is 1850. The number of benzene rings is 1. The second-order valence-electron chi connectivity index (χ2n) is 13.4. The SMILES string of the molecule is C=CC(=O)N1C[C@H](C)N(C2=NS(=O)(=O)N(c3ccc(CN(C)C)cc3C(C)(C)C)c3nc(C(/C(F)=C\C)=C(\N)C=C)c(Cl)cc32)C[C@H]1C. The first-order chi connectivity index (χ1) is 22.4. The molecule has 4 rings (SSSR count). The van der Waals surface area contributed by atoms with E-state index in [0.717, 1.165) is 15.4 Å². The molecule has 0 spiro atoms. The smallest absolute Gasteiger partial charge is 0.352 e. The third-order valence-corrected chi connectivity index (χ3v) is 9.88. The van der Waals surface area contributed by atoms with Crippen LogP contribution in [0.3, 0.4) is 0 Å². The van der Waals surface area contributed by atoms with Crippen LogP contribution in [-0.4, -0.2) is 79.1 Å². The molecule has 0 saturated carbocycles. The number of anilines is 2. The van der Waals surface area contributed by atoms with Gasteiger partial charge in [0.25, 0.3) is 0 Å². The second-order valence-corrected chi connectivity index (χ2v) is 15.3. The number of pyridine rings is 1. The Morgan fingerprint density at radius 2 is 1.81 bits per heavy atom. The van der Waals surface area contributed by atoms with Crippen molar-refractivity contribution in [2.75, 3.05) is 31.5 Å². The molecule has 0 radical (unpaired) electrons. The topological polar surface area (TPSA) is 115 Å². The fraction of sp³-hybridized carbons (Fsp3) is 0.400. The van der Waals surface area contributed by atoms with Crippen LogP contribution in [0.2, 0.25) is 5.02 Å². The first-order valence-electron chi connectivity index (χ1n) is 15.6. The van der Waals surface area contributed by atoms with E-state index in [1.807, 2.05) is 70.6 Å². The minimum absolute atomic E-state index is 0.00650. The Hall–Kier alpha value is -4.00. The molecule has 3 heterocycles. The van der Waals surface area contributed by atoms with Gasteiger partial charge in [0.15, 0.2) is 11.7 Å². The summed E-state index contributed by atoms with van der Waals surface area (Å²) in [4.78, 5) is 22.9. The number of amidine groups is 1. The number of piperazine rings is 1. The molecule has 0 unspecified atom stereocenters. The molecule has 258 valence electrons. The Morgan fingerprint density at radius 3 is 2.38 bits per heavy atom. The lowest BCUT2D eigenvalue weighted by atomic mass is 9.84. The molecule has 2 aromatic rings. The summed E-state index contributed by atoms with van der Waals surface area (Å²) in [6.45, 7) is 19.8. The third-order valence-electron chi connectivity index (χ3n) is 8.36. The maximum atomic E-state index is 15.4. The largest absolute Gasteiger partial charge is 0.398 e. The monoisotopic (exact) mass is 697 g/mol. The fourth-order valence-electron chi connectivity index (χ4n) is 6.03. The number of fused-ring (bicyclic) bond motifs is 1. The highest BCUT2D eigenvalue weighted by atomic mass is 35.5. The first-order valence-corrected chi connectivity index (χ1v) is 17.4. The van der Waals surface area contributed by atoms with Crippen molar-refractivity contribution in [3.05, 3.63) is 94.6 Å². The molecule has 2 N–H and O–H groups in total. The van der Waals surface area contributed by atoms with E-state index in [1.165, 1.54) is 25.2 Å². The summed E-state index contributed by atoms with van der Waals surface area (Å²) in [5, 5.41) is 0.0380. The van der Waals surface area contributed by atoms with Gasteiger partial charge in [-0.2, -0.15) is 8.42 Å². The predicted octanol–water partition coefficient (Wildman–Crippen LogP) is 6.07. The third kappa shape index (κ3) is 7.06. The van der Waals surface area contributed by atoms with Crippen LogP contribution in [-0.2, 0) is 27.0 Å². The molecule has 48 heavy (non-hydrogen) atoms. The van der Waals surface area contributed by atoms with Crippen molar-refractivity contribution < 1.29 is 17.6 Å². The molecule has 1 aromatic heterocycles. The van der Waals surface area contributed by atoms with Gasteiger partial charge in [-0.15, -0.1) is 4.40 Å². The average Bonchev–Trinajstić information content (AvgIpc) is 3.01. The summed E-state index contributed by atoms with van der Waals surface area (Å²) in [5.41, 5.74) is 7.95. The van der Waals surface area contributed by atoms with Gasteiger partial charge < -0.3 is 20.4 Å². The highest BCUT2D eigenvalue weighted by Crippen LogP contribution is 2.44. The number of amides is 1. The van der Waals surface area contributed by atoms with Gasteiger partial charge >= 0.3 is 10.2 Å². The molecule has 0 bridgehead atoms. The minimum Gasteiger partial charge on any atom is -0.398 e. The van der Waals surface area contributed by atoms with Crippen LogP contribution in [0.5, 0.6) is 0 Å². The summed E-state index contributed by atoms with van der Waals surface area (Å²) >= 11 is 6.86. The molecular weight excluding hydrogens is 653 g/mol. The summed E-state index contributed by atoms with van der Waals surface area (Å²) in [6, 6.07) is 6.54. The minimum atomic E-state index is -4.50. The lowest BCUT2D eigenvalue weighted by molar-refractivity contribution is -0.130. The standard InChI is InChI=1S/C35H45ClFN7O3S/c1-11-27(37)31(28(38)12-2)32-26(36)17-24-33(39-32)44(29-15-14-23(20-41(9)10)16-25(29)35(6,7)8)48(46,47)40-34(24)43-19-21(4)42(18-22(43)5)30(45)13-3/h11-17,21-22H,2-3,18-20,38H2,1,4-10H3/b27-11+,31-28-/t21-,22+/m1/s1. The highest BCUT2D eigenvalue weighted by molar-refractivity contribution is 7.92. The van der Waals surface area contributed by atoms with Gasteiger partial charge in [-0.3, -0.25) is 4.79 Å². The molecule has 1 amide bonds. The number of carbonyl (C=O) groups is 1. The van der Waals surface area contributed by atoms with E-state index in [4.69, 9.17) is 22.3 Å². The van der Waals surface area contributed by atoms with Crippen LogP contribution in [0.15, 0.2) is 71.6 Å². The number of allylic oxidation sites excluding steroid dienone is 4. The van der Waals surface area contributed by atoms with Crippen LogP contribution in [0.25, 0.3) is 5.57 Å². The van der Waals surface area contributed by atoms with Crippen molar-refractivity contribution in [3.8, 4) is 0 Å². The predicted molar refractivity (Wildman–Crippen MR) is 193 cm³/mol. The molecular formula is C35H45ClFN7O3S. The van der Waals surface area contributed by atoms with Crippen LogP contribution in [0, 0.1) is 0 Å². The van der Waals surface area contributed by atoms with E-state index >= 15 is 4.39 Å². The normalized spacial score (nSPS) is 20.3. The van der Waals surface area contributed by atoms with Crippen LogP contribution < -0.4 is 10.0 Å². The number of nitrogens with zero attached hydrogens (tertiary/aromatic N) is 6. The molecule has 13 heteroatoms. The van der Waals surface area contributed by atoms with Gasteiger partial charge in [0.05, 0.1) is 27.5 Å². The number of nitrogens with two attached hydrogens (primary N) is 1. The number of hydrogen-bond acceptors (Lipinski definition) is 7. The Morgan fingerprint density at radius 1 is 1.15 bits per heavy atom. The van der Waals surface area contributed by atoms with E-state index < -0.39 is 21.5 Å². The summed E-state index contributed by atoms with van der Waals surface area (Å²) in [5.74, 6) is -0.795. The Labute approximate surface area is 288 Å². The zero-order valence-corrected chi connectivity index (χ0v) is 30.5. The van der Waals surface area contributed by atoms with E-state index in [9.17, 15) is 13.2 Å². The van der Waals surface area contributed by atoms with Crippen molar-refractivity contribution in [1.82, 2.24) is 19.7 Å². The zero-order valence-electron chi connectivity index (χ0n) is 28.9. The van der Waals surface area contributed by atoms with Crippen LogP contribution >= 0.6 is 11.6 Å². The van der Waals surface area contributed by atoms with Crippen molar-refractivity contribution in [2.45, 2.75) is 65.6 Å². The maximum Gasteiger partial charge on any atom is 0.352 e. The zero-order chi connectivity index (χ0) is 35.9. The average molecular weight is 698 g/mol. The molecule has 2 atom stereocenters.